The largest absolute Gasteiger partial charge is 0.242 e. The molecular weight excluding hydrogens is 372 g/mol. The molecule has 2 aromatic carbocycles. The van der Waals surface area contributed by atoms with Crippen molar-refractivity contribution in [2.75, 3.05) is 0 Å². The van der Waals surface area contributed by atoms with E-state index in [1.807, 2.05) is 38.9 Å². The Morgan fingerprint density at radius 3 is 1.63 bits per heavy atom. The van der Waals surface area contributed by atoms with Crippen LogP contribution in [0, 0.1) is 0 Å². The highest BCUT2D eigenvalue weighted by molar-refractivity contribution is 5.49. The topological polar surface area (TPSA) is 43.4 Å². The van der Waals surface area contributed by atoms with Gasteiger partial charge >= 0.3 is 0 Å². The number of rotatable bonds is 5. The van der Waals surface area contributed by atoms with Crippen LogP contribution in [0.5, 0.6) is 0 Å². The molecule has 2 aromatic heterocycles. The molecule has 0 saturated heterocycles. The number of nitrogens with zero attached hydrogens (tertiary/aromatic N) is 6. The van der Waals surface area contributed by atoms with Crippen LogP contribution in [0.4, 0.5) is 0 Å². The minimum Gasteiger partial charge on any atom is -0.132 e. The molecule has 0 amide bonds. The van der Waals surface area contributed by atoms with Crippen LogP contribution in [-0.2, 0) is 32.6 Å². The summed E-state index contributed by atoms with van der Waals surface area (Å²) in [5.41, 5.74) is 6.04. The fraction of sp³-hybridized carbons (Fsp3) is 0.333. The summed E-state index contributed by atoms with van der Waals surface area (Å²) in [6.07, 6.45) is 4.16. The van der Waals surface area contributed by atoms with Crippen molar-refractivity contribution in [3.8, 4) is 11.4 Å². The van der Waals surface area contributed by atoms with E-state index in [2.05, 4.69) is 92.1 Å². The van der Waals surface area contributed by atoms with Gasteiger partial charge in [0.25, 0.3) is 0 Å². The highest BCUT2D eigenvalue weighted by Gasteiger charge is 2.25. The number of aromatic nitrogens is 6. The number of benzene rings is 2. The third-order valence-corrected chi connectivity index (χ3v) is 5.35. The number of hydrogen-bond donors (Lipinski definition) is 0. The lowest BCUT2D eigenvalue weighted by Gasteiger charge is -2.18. The molecule has 6 nitrogen and oxygen atoms in total. The molecule has 0 aliphatic rings. The zero-order chi connectivity index (χ0) is 21.3. The van der Waals surface area contributed by atoms with Crippen molar-refractivity contribution in [2.24, 2.45) is 14.1 Å². The molecule has 4 aromatic rings. The van der Waals surface area contributed by atoms with Crippen molar-refractivity contribution >= 4 is 0 Å². The fourth-order valence-electron chi connectivity index (χ4n) is 3.63. The molecule has 0 bridgehead atoms. The lowest BCUT2D eigenvalue weighted by atomic mass is 9.87. The van der Waals surface area contributed by atoms with E-state index in [0.717, 1.165) is 24.5 Å². The van der Waals surface area contributed by atoms with Crippen molar-refractivity contribution in [1.82, 2.24) is 19.8 Å². The Bertz CT molecular complexity index is 1130. The van der Waals surface area contributed by atoms with E-state index in [1.54, 1.807) is 0 Å². The molecule has 0 spiro atoms. The summed E-state index contributed by atoms with van der Waals surface area (Å²) in [7, 11) is 3.95. The van der Waals surface area contributed by atoms with Crippen LogP contribution in [0.2, 0.25) is 0 Å². The second kappa shape index (κ2) is 7.86. The third-order valence-electron chi connectivity index (χ3n) is 5.35. The average Bonchev–Trinajstić information content (AvgIpc) is 3.23. The zero-order valence-electron chi connectivity index (χ0n) is 18.4. The van der Waals surface area contributed by atoms with Gasteiger partial charge in [-0.1, -0.05) is 75.4 Å². The van der Waals surface area contributed by atoms with Crippen LogP contribution in [0.3, 0.4) is 0 Å². The van der Waals surface area contributed by atoms with Gasteiger partial charge in [0.05, 0.1) is 10.4 Å². The first-order chi connectivity index (χ1) is 14.3. The zero-order valence-corrected chi connectivity index (χ0v) is 18.4. The summed E-state index contributed by atoms with van der Waals surface area (Å²) >= 11 is 0. The van der Waals surface area contributed by atoms with E-state index in [-0.39, 0.29) is 5.41 Å². The lowest BCUT2D eigenvalue weighted by molar-refractivity contribution is -0.747. The first kappa shape index (κ1) is 20.0. The predicted octanol–water partition coefficient (Wildman–Crippen LogP) is 2.79. The summed E-state index contributed by atoms with van der Waals surface area (Å²) in [4.78, 5) is 0. The Morgan fingerprint density at radius 2 is 1.17 bits per heavy atom. The van der Waals surface area contributed by atoms with Crippen molar-refractivity contribution < 1.29 is 9.36 Å². The molecule has 154 valence electrons. The van der Waals surface area contributed by atoms with E-state index in [9.17, 15) is 0 Å². The highest BCUT2D eigenvalue weighted by Crippen LogP contribution is 2.22. The second-order valence-electron chi connectivity index (χ2n) is 8.88. The van der Waals surface area contributed by atoms with Gasteiger partial charge in [-0.3, -0.25) is 0 Å². The molecule has 0 radical (unpaired) electrons. The second-order valence-corrected chi connectivity index (χ2v) is 8.88. The molecule has 0 N–H and O–H groups in total. The Hall–Kier alpha value is -3.28. The van der Waals surface area contributed by atoms with Crippen LogP contribution < -0.4 is 9.36 Å². The van der Waals surface area contributed by atoms with Gasteiger partial charge in [0, 0.05) is 0 Å². The third kappa shape index (κ3) is 4.32. The predicted molar refractivity (Wildman–Crippen MR) is 116 cm³/mol. The molecule has 0 fully saturated rings. The molecule has 0 atom stereocenters. The summed E-state index contributed by atoms with van der Waals surface area (Å²) in [5, 5.41) is 9.30. The maximum absolute atomic E-state index is 4.67. The Kier molecular flexibility index (Phi) is 5.24. The van der Waals surface area contributed by atoms with E-state index in [4.69, 9.17) is 0 Å². The first-order valence-electron chi connectivity index (χ1n) is 10.3. The van der Waals surface area contributed by atoms with E-state index in [0.29, 0.717) is 0 Å². The van der Waals surface area contributed by atoms with Crippen LogP contribution >= 0.6 is 0 Å². The molecule has 6 heteroatoms. The van der Waals surface area contributed by atoms with Gasteiger partial charge in [-0.05, 0) is 22.1 Å². The molecule has 0 unspecified atom stereocenters. The molecule has 30 heavy (non-hydrogen) atoms. The summed E-state index contributed by atoms with van der Waals surface area (Å²) in [5.74, 6) is 0. The molecule has 2 heterocycles. The van der Waals surface area contributed by atoms with Gasteiger partial charge in [0.15, 0.2) is 12.4 Å². The first-order valence-corrected chi connectivity index (χ1v) is 10.3. The van der Waals surface area contributed by atoms with Crippen molar-refractivity contribution in [3.63, 3.8) is 0 Å². The highest BCUT2D eigenvalue weighted by atomic mass is 15.5. The normalized spacial score (nSPS) is 11.8. The smallest absolute Gasteiger partial charge is 0.132 e. The fourth-order valence-corrected chi connectivity index (χ4v) is 3.63. The molecule has 0 aliphatic carbocycles. The van der Waals surface area contributed by atoms with Gasteiger partial charge in [-0.25, -0.2) is 0 Å². The minimum absolute atomic E-state index is 0.165. The maximum Gasteiger partial charge on any atom is 0.242 e. The minimum atomic E-state index is 0.165. The van der Waals surface area contributed by atoms with E-state index < -0.39 is 0 Å². The quantitative estimate of drug-likeness (QED) is 0.482. The standard InChI is InChI=1S/C24H30N6/c1-24(2,3)21-13-11-20(12-14-21)16-30-18-23(28(5)26-30)22-17-29(25-27(22)4)15-19-9-7-6-8-10-19/h6-14,17-18H,15-16H2,1-5H3/q+2. The van der Waals surface area contributed by atoms with Crippen LogP contribution in [0.25, 0.3) is 11.4 Å². The Balaban J connectivity index is 1.54. The average molecular weight is 403 g/mol. The van der Waals surface area contributed by atoms with Gasteiger partial charge in [0.2, 0.25) is 11.4 Å². The van der Waals surface area contributed by atoms with E-state index in [1.165, 1.54) is 16.7 Å². The number of hydrogen-bond acceptors (Lipinski definition) is 2. The number of aryl methyl sites for hydroxylation is 2. The van der Waals surface area contributed by atoms with Crippen LogP contribution in [0.15, 0.2) is 67.0 Å². The Morgan fingerprint density at radius 1 is 0.700 bits per heavy atom. The van der Waals surface area contributed by atoms with Gasteiger partial charge in [0.1, 0.15) is 27.2 Å². The summed E-state index contributed by atoms with van der Waals surface area (Å²) in [6, 6.07) is 19.2. The monoisotopic (exact) mass is 402 g/mol. The van der Waals surface area contributed by atoms with Crippen LogP contribution in [-0.4, -0.2) is 19.8 Å². The molecule has 4 rings (SSSR count). The van der Waals surface area contributed by atoms with Crippen molar-refractivity contribution in [2.45, 2.75) is 39.3 Å². The summed E-state index contributed by atoms with van der Waals surface area (Å²) < 4.78 is 7.76. The van der Waals surface area contributed by atoms with Gasteiger partial charge < -0.3 is 0 Å². The molecule has 0 aliphatic heterocycles. The molecular formula is C24H30N6+2. The Labute approximate surface area is 178 Å². The van der Waals surface area contributed by atoms with Gasteiger partial charge in [-0.15, -0.1) is 18.7 Å². The SMILES string of the molecule is Cn1n[n+](Cc2ccccc2)cc1-c1c[n+](Cc2ccc(C(C)(C)C)cc2)nn1C. The summed E-state index contributed by atoms with van der Waals surface area (Å²) in [6.45, 7) is 8.19. The maximum atomic E-state index is 4.67. The lowest BCUT2D eigenvalue weighted by Crippen LogP contribution is -2.36. The van der Waals surface area contributed by atoms with Crippen molar-refractivity contribution in [1.29, 1.82) is 0 Å². The van der Waals surface area contributed by atoms with Crippen molar-refractivity contribution in [3.05, 3.63) is 83.7 Å². The molecule has 0 saturated carbocycles. The van der Waals surface area contributed by atoms with Crippen LogP contribution in [0.1, 0.15) is 37.5 Å². The van der Waals surface area contributed by atoms with E-state index >= 15 is 0 Å². The van der Waals surface area contributed by atoms with Gasteiger partial charge in [-0.2, -0.15) is 0 Å².